The van der Waals surface area contributed by atoms with Crippen LogP contribution >= 0.6 is 0 Å². The van der Waals surface area contributed by atoms with Crippen molar-refractivity contribution in [1.29, 1.82) is 0 Å². The van der Waals surface area contributed by atoms with Gasteiger partial charge in [0.1, 0.15) is 0 Å². The van der Waals surface area contributed by atoms with Crippen molar-refractivity contribution in [1.82, 2.24) is 0 Å². The molecule has 0 saturated carbocycles. The SMILES string of the molecule is [Al].[Cu].[Mo].[Ni]. The van der Waals surface area contributed by atoms with Crippen LogP contribution in [0, 0.1) is 0 Å². The first-order chi connectivity index (χ1) is 0. The monoisotopic (exact) mass is 246 g/mol. The Balaban J connectivity index is 0. The molecule has 0 aliphatic carbocycles. The first-order valence-corrected chi connectivity index (χ1v) is 0. The zero-order valence-corrected chi connectivity index (χ0v) is 6.69. The number of rotatable bonds is 0. The van der Waals surface area contributed by atoms with E-state index in [0.29, 0.717) is 0 Å². The summed E-state index contributed by atoms with van der Waals surface area (Å²) < 4.78 is 0. The van der Waals surface area contributed by atoms with Crippen LogP contribution in [-0.4, -0.2) is 17.4 Å². The summed E-state index contributed by atoms with van der Waals surface area (Å²) in [4.78, 5) is 0. The quantitative estimate of drug-likeness (QED) is 0.510. The minimum absolute atomic E-state index is 0. The first kappa shape index (κ1) is 34.2. The van der Waals surface area contributed by atoms with E-state index in [4.69, 9.17) is 0 Å². The van der Waals surface area contributed by atoms with E-state index in [0.717, 1.165) is 0 Å². The van der Waals surface area contributed by atoms with Crippen molar-refractivity contribution in [2.75, 3.05) is 0 Å². The van der Waals surface area contributed by atoms with Gasteiger partial charge in [0.25, 0.3) is 0 Å². The summed E-state index contributed by atoms with van der Waals surface area (Å²) in [6, 6.07) is 0. The second kappa shape index (κ2) is 18.8. The average Bonchev–Trinajstić information content (AvgIpc) is 0. The van der Waals surface area contributed by atoms with Crippen molar-refractivity contribution in [3.05, 3.63) is 0 Å². The smallest absolute Gasteiger partial charge is 0 e. The molecule has 0 aromatic rings. The third-order valence-corrected chi connectivity index (χ3v) is 0. The predicted octanol–water partition coefficient (Wildman–Crippen LogP) is -0.388. The zero-order chi connectivity index (χ0) is 0. The van der Waals surface area contributed by atoms with Crippen molar-refractivity contribution in [3.8, 4) is 0 Å². The molecule has 0 N–H and O–H groups in total. The van der Waals surface area contributed by atoms with Gasteiger partial charge in [-0.25, -0.2) is 0 Å². The molecule has 0 aromatic heterocycles. The van der Waals surface area contributed by atoms with E-state index in [-0.39, 0.29) is 72.0 Å². The maximum atomic E-state index is 0. The van der Waals surface area contributed by atoms with E-state index in [2.05, 4.69) is 0 Å². The van der Waals surface area contributed by atoms with Gasteiger partial charge in [-0.05, 0) is 0 Å². The summed E-state index contributed by atoms with van der Waals surface area (Å²) in [7, 11) is 0. The molecule has 0 aliphatic rings. The molecular formula is AlCuMoNi. The molecule has 0 fully saturated rings. The van der Waals surface area contributed by atoms with Crippen molar-refractivity contribution in [2.45, 2.75) is 0 Å². The molecule has 0 spiro atoms. The largest absolute Gasteiger partial charge is 0 e. The van der Waals surface area contributed by atoms with E-state index in [1.165, 1.54) is 0 Å². The summed E-state index contributed by atoms with van der Waals surface area (Å²) >= 11 is 0. The van der Waals surface area contributed by atoms with Crippen molar-refractivity contribution >= 4 is 17.4 Å². The molecule has 0 atom stereocenters. The topological polar surface area (TPSA) is 0 Å². The summed E-state index contributed by atoms with van der Waals surface area (Å²) in [5.41, 5.74) is 0. The van der Waals surface area contributed by atoms with Crippen molar-refractivity contribution in [2.24, 2.45) is 0 Å². The molecule has 0 amide bonds. The van der Waals surface area contributed by atoms with Gasteiger partial charge in [-0.2, -0.15) is 0 Å². The van der Waals surface area contributed by atoms with E-state index >= 15 is 0 Å². The molecule has 0 heterocycles. The van der Waals surface area contributed by atoms with Crippen molar-refractivity contribution < 1.29 is 54.6 Å². The maximum Gasteiger partial charge on any atom is 0 e. The molecule has 0 aliphatic heterocycles. The zero-order valence-electron chi connectivity index (χ0n) is 1.60. The van der Waals surface area contributed by atoms with Crippen LogP contribution in [0.15, 0.2) is 0 Å². The van der Waals surface area contributed by atoms with Gasteiger partial charge in [-0.1, -0.05) is 0 Å². The number of hydrogen-bond acceptors (Lipinski definition) is 0. The Kier molecular flexibility index (Phi) is 161. The summed E-state index contributed by atoms with van der Waals surface area (Å²) in [6.07, 6.45) is 0. The Morgan fingerprint density at radius 1 is 1.00 bits per heavy atom. The standard InChI is InChI=1S/Al.Cu.Mo.Ni. The van der Waals surface area contributed by atoms with Gasteiger partial charge in [0.05, 0.1) is 0 Å². The molecule has 0 saturated heterocycles. The minimum Gasteiger partial charge on any atom is 0 e. The van der Waals surface area contributed by atoms with E-state index in [9.17, 15) is 0 Å². The Morgan fingerprint density at radius 2 is 1.00 bits per heavy atom. The van der Waals surface area contributed by atoms with E-state index in [1.807, 2.05) is 0 Å². The third kappa shape index (κ3) is 8.87. The van der Waals surface area contributed by atoms with Gasteiger partial charge < -0.3 is 0 Å². The third-order valence-electron chi connectivity index (χ3n) is 0. The van der Waals surface area contributed by atoms with Gasteiger partial charge in [0, 0.05) is 72.0 Å². The summed E-state index contributed by atoms with van der Waals surface area (Å²) in [5, 5.41) is 0. The molecule has 0 unspecified atom stereocenters. The Labute approximate surface area is 71.3 Å². The Morgan fingerprint density at radius 3 is 1.00 bits per heavy atom. The van der Waals surface area contributed by atoms with Crippen LogP contribution in [0.3, 0.4) is 0 Å². The molecule has 30 valence electrons. The molecular weight excluding hydrogens is 245 g/mol. The van der Waals surface area contributed by atoms with Crippen LogP contribution in [0.1, 0.15) is 0 Å². The first-order valence-electron chi connectivity index (χ1n) is 0. The molecule has 0 bridgehead atoms. The predicted molar refractivity (Wildman–Crippen MR) is 5.75 cm³/mol. The van der Waals surface area contributed by atoms with Gasteiger partial charge in [-0.15, -0.1) is 0 Å². The molecule has 0 aromatic carbocycles. The van der Waals surface area contributed by atoms with Gasteiger partial charge in [-0.3, -0.25) is 0 Å². The molecule has 0 rings (SSSR count). The average molecular weight is 245 g/mol. The fraction of sp³-hybridized carbons (Fsp3) is 0. The maximum absolute atomic E-state index is 0. The number of hydrogen-bond donors (Lipinski definition) is 0. The normalized spacial score (nSPS) is 0. The Hall–Kier alpha value is 2.23. The Bertz CT molecular complexity index is 8.00. The molecule has 4 heteroatoms. The van der Waals surface area contributed by atoms with Crippen LogP contribution in [0.5, 0.6) is 0 Å². The van der Waals surface area contributed by atoms with Crippen LogP contribution < -0.4 is 0 Å². The second-order valence-corrected chi connectivity index (χ2v) is 0. The second-order valence-electron chi connectivity index (χ2n) is 0. The summed E-state index contributed by atoms with van der Waals surface area (Å²) in [6.45, 7) is 0. The van der Waals surface area contributed by atoms with E-state index in [1.54, 1.807) is 0 Å². The fourth-order valence-corrected chi connectivity index (χ4v) is 0. The van der Waals surface area contributed by atoms with Crippen LogP contribution in [0.25, 0.3) is 0 Å². The van der Waals surface area contributed by atoms with Gasteiger partial charge >= 0.3 is 0 Å². The van der Waals surface area contributed by atoms with Crippen LogP contribution in [0.2, 0.25) is 0 Å². The van der Waals surface area contributed by atoms with E-state index < -0.39 is 0 Å². The molecule has 4 radical (unpaired) electrons. The van der Waals surface area contributed by atoms with Gasteiger partial charge in [0.2, 0.25) is 0 Å². The van der Waals surface area contributed by atoms with Crippen molar-refractivity contribution in [3.63, 3.8) is 0 Å². The van der Waals surface area contributed by atoms with Crippen LogP contribution in [-0.2, 0) is 54.6 Å². The minimum atomic E-state index is 0. The fourth-order valence-electron chi connectivity index (χ4n) is 0. The van der Waals surface area contributed by atoms with Crippen LogP contribution in [0.4, 0.5) is 0 Å². The van der Waals surface area contributed by atoms with Gasteiger partial charge in [0.15, 0.2) is 0 Å². The molecule has 0 nitrogen and oxygen atoms in total. The summed E-state index contributed by atoms with van der Waals surface area (Å²) in [5.74, 6) is 0. The molecule has 4 heavy (non-hydrogen) atoms.